The highest BCUT2D eigenvalue weighted by molar-refractivity contribution is 5.95. The van der Waals surface area contributed by atoms with E-state index in [0.717, 1.165) is 6.07 Å². The first-order chi connectivity index (χ1) is 5.52. The molecule has 0 unspecified atom stereocenters. The summed E-state index contributed by atoms with van der Waals surface area (Å²) in [6.07, 6.45) is 0. The fourth-order valence-corrected chi connectivity index (χ4v) is 0.956. The molecular weight excluding hydrogens is 159 g/mol. The smallest absolute Gasteiger partial charge is 0.165 e. The molecule has 1 heterocycles. The zero-order valence-electron chi connectivity index (χ0n) is 6.89. The molecule has 0 bridgehead atoms. The highest BCUT2D eigenvalue weighted by atomic mass is 19.1. The van der Waals surface area contributed by atoms with Crippen molar-refractivity contribution in [2.45, 2.75) is 13.8 Å². The summed E-state index contributed by atoms with van der Waals surface area (Å²) in [5.74, 6) is -1.03. The Hall–Kier alpha value is -1.45. The van der Waals surface area contributed by atoms with Crippen molar-refractivity contribution in [1.29, 1.82) is 0 Å². The Balaban J connectivity index is 3.33. The summed E-state index contributed by atoms with van der Waals surface area (Å²) in [7, 11) is 0. The van der Waals surface area contributed by atoms with Gasteiger partial charge in [-0.25, -0.2) is 9.37 Å². The number of pyridine rings is 1. The van der Waals surface area contributed by atoms with Crippen molar-refractivity contribution in [2.24, 2.45) is 0 Å². The third-order valence-corrected chi connectivity index (χ3v) is 1.57. The minimum absolute atomic E-state index is 0.169. The van der Waals surface area contributed by atoms with Crippen molar-refractivity contribution >= 4 is 11.6 Å². The second kappa shape index (κ2) is 2.89. The van der Waals surface area contributed by atoms with Crippen LogP contribution in [0, 0.1) is 12.7 Å². The highest BCUT2D eigenvalue weighted by Crippen LogP contribution is 2.13. The fraction of sp³-hybridized carbons (Fsp3) is 0.250. The standard InChI is InChI=1S/C8H9FN2O/c1-4-6(5(2)12)3-7(9)8(10)11-4/h3H,1-2H3,(H2,10,11). The number of halogens is 1. The molecule has 0 radical (unpaired) electrons. The van der Waals surface area contributed by atoms with Crippen molar-refractivity contribution < 1.29 is 9.18 Å². The van der Waals surface area contributed by atoms with E-state index < -0.39 is 5.82 Å². The number of aromatic nitrogens is 1. The normalized spacial score (nSPS) is 9.92. The molecule has 0 spiro atoms. The molecule has 0 aliphatic carbocycles. The van der Waals surface area contributed by atoms with Gasteiger partial charge in [0.2, 0.25) is 0 Å². The number of anilines is 1. The van der Waals surface area contributed by atoms with E-state index in [1.807, 2.05) is 0 Å². The van der Waals surface area contributed by atoms with Crippen LogP contribution in [0.1, 0.15) is 23.0 Å². The molecule has 1 aromatic heterocycles. The van der Waals surface area contributed by atoms with Gasteiger partial charge in [-0.3, -0.25) is 4.79 Å². The van der Waals surface area contributed by atoms with E-state index in [4.69, 9.17) is 5.73 Å². The first-order valence-corrected chi connectivity index (χ1v) is 3.46. The van der Waals surface area contributed by atoms with E-state index in [1.54, 1.807) is 6.92 Å². The molecule has 3 nitrogen and oxygen atoms in total. The van der Waals surface area contributed by atoms with Gasteiger partial charge in [-0.05, 0) is 19.9 Å². The largest absolute Gasteiger partial charge is 0.381 e. The maximum atomic E-state index is 12.8. The number of hydrogen-bond donors (Lipinski definition) is 1. The van der Waals surface area contributed by atoms with Gasteiger partial charge < -0.3 is 5.73 Å². The van der Waals surface area contributed by atoms with Crippen LogP contribution < -0.4 is 5.73 Å². The molecule has 1 aromatic rings. The quantitative estimate of drug-likeness (QED) is 0.643. The monoisotopic (exact) mass is 168 g/mol. The number of aryl methyl sites for hydroxylation is 1. The highest BCUT2D eigenvalue weighted by Gasteiger charge is 2.09. The molecule has 64 valence electrons. The van der Waals surface area contributed by atoms with Crippen LogP contribution in [0.25, 0.3) is 0 Å². The minimum Gasteiger partial charge on any atom is -0.381 e. The van der Waals surface area contributed by atoms with Gasteiger partial charge in [-0.2, -0.15) is 0 Å². The lowest BCUT2D eigenvalue weighted by Crippen LogP contribution is -2.04. The van der Waals surface area contributed by atoms with Gasteiger partial charge in [-0.15, -0.1) is 0 Å². The van der Waals surface area contributed by atoms with Crippen LogP contribution >= 0.6 is 0 Å². The van der Waals surface area contributed by atoms with Crippen LogP contribution in [0.15, 0.2) is 6.07 Å². The average molecular weight is 168 g/mol. The molecule has 2 N–H and O–H groups in total. The number of nitrogens with two attached hydrogens (primary N) is 1. The minimum atomic E-state index is -0.647. The Morgan fingerprint density at radius 1 is 1.67 bits per heavy atom. The first-order valence-electron chi connectivity index (χ1n) is 3.46. The van der Waals surface area contributed by atoms with E-state index in [0.29, 0.717) is 5.69 Å². The molecule has 0 amide bonds. The van der Waals surface area contributed by atoms with E-state index >= 15 is 0 Å². The zero-order chi connectivity index (χ0) is 9.30. The van der Waals surface area contributed by atoms with Crippen LogP contribution in [0.5, 0.6) is 0 Å². The Morgan fingerprint density at radius 2 is 2.25 bits per heavy atom. The number of nitrogens with zero attached hydrogens (tertiary/aromatic N) is 1. The lowest BCUT2D eigenvalue weighted by Gasteiger charge is -2.02. The summed E-state index contributed by atoms with van der Waals surface area (Å²) < 4.78 is 12.8. The summed E-state index contributed by atoms with van der Waals surface area (Å²) in [4.78, 5) is 14.6. The number of rotatable bonds is 1. The third-order valence-electron chi connectivity index (χ3n) is 1.57. The van der Waals surface area contributed by atoms with Crippen LogP contribution in [-0.4, -0.2) is 10.8 Å². The van der Waals surface area contributed by atoms with Gasteiger partial charge in [0.1, 0.15) is 0 Å². The van der Waals surface area contributed by atoms with E-state index in [9.17, 15) is 9.18 Å². The lowest BCUT2D eigenvalue weighted by molar-refractivity contribution is 0.101. The van der Waals surface area contributed by atoms with Gasteiger partial charge in [0, 0.05) is 5.56 Å². The summed E-state index contributed by atoms with van der Waals surface area (Å²) in [6, 6.07) is 1.11. The number of carbonyl (C=O) groups excluding carboxylic acids is 1. The van der Waals surface area contributed by atoms with Gasteiger partial charge in [0.05, 0.1) is 5.69 Å². The molecule has 0 atom stereocenters. The number of carbonyl (C=O) groups is 1. The Kier molecular flexibility index (Phi) is 2.08. The summed E-state index contributed by atoms with van der Waals surface area (Å²) >= 11 is 0. The summed E-state index contributed by atoms with van der Waals surface area (Å²) in [5.41, 5.74) is 5.93. The van der Waals surface area contributed by atoms with Crippen LogP contribution in [-0.2, 0) is 0 Å². The molecule has 0 aliphatic rings. The molecular formula is C8H9FN2O. The van der Waals surface area contributed by atoms with Crippen LogP contribution in [0.3, 0.4) is 0 Å². The predicted octanol–water partition coefficient (Wildman–Crippen LogP) is 1.31. The molecule has 12 heavy (non-hydrogen) atoms. The van der Waals surface area contributed by atoms with Gasteiger partial charge in [0.25, 0.3) is 0 Å². The second-order valence-electron chi connectivity index (χ2n) is 2.54. The van der Waals surface area contributed by atoms with Crippen LogP contribution in [0.4, 0.5) is 10.2 Å². The zero-order valence-corrected chi connectivity index (χ0v) is 6.89. The third kappa shape index (κ3) is 1.42. The van der Waals surface area contributed by atoms with Gasteiger partial charge in [0.15, 0.2) is 17.4 Å². The maximum Gasteiger partial charge on any atom is 0.165 e. The van der Waals surface area contributed by atoms with Crippen molar-refractivity contribution in [2.75, 3.05) is 5.73 Å². The Morgan fingerprint density at radius 3 is 2.75 bits per heavy atom. The van der Waals surface area contributed by atoms with Crippen molar-refractivity contribution in [3.8, 4) is 0 Å². The molecule has 0 saturated heterocycles. The number of nitrogen functional groups attached to an aromatic ring is 1. The van der Waals surface area contributed by atoms with Crippen LogP contribution in [0.2, 0.25) is 0 Å². The number of ketones is 1. The SMILES string of the molecule is CC(=O)c1cc(F)c(N)nc1C. The molecule has 0 saturated carbocycles. The number of Topliss-reactive ketones (excluding diaryl/α,β-unsaturated/α-hetero) is 1. The topological polar surface area (TPSA) is 56.0 Å². The van der Waals surface area contributed by atoms with E-state index in [-0.39, 0.29) is 17.2 Å². The van der Waals surface area contributed by atoms with Gasteiger partial charge in [-0.1, -0.05) is 0 Å². The fourth-order valence-electron chi connectivity index (χ4n) is 0.956. The summed E-state index contributed by atoms with van der Waals surface area (Å²) in [5, 5.41) is 0. The van der Waals surface area contributed by atoms with Crippen molar-refractivity contribution in [1.82, 2.24) is 4.98 Å². The first kappa shape index (κ1) is 8.64. The molecule has 1 rings (SSSR count). The number of hydrogen-bond acceptors (Lipinski definition) is 3. The maximum absolute atomic E-state index is 12.8. The Bertz CT molecular complexity index is 336. The second-order valence-corrected chi connectivity index (χ2v) is 2.54. The lowest BCUT2D eigenvalue weighted by atomic mass is 10.1. The van der Waals surface area contributed by atoms with E-state index in [1.165, 1.54) is 6.92 Å². The Labute approximate surface area is 69.4 Å². The predicted molar refractivity (Wildman–Crippen MR) is 43.3 cm³/mol. The van der Waals surface area contributed by atoms with Crippen molar-refractivity contribution in [3.05, 3.63) is 23.1 Å². The molecule has 4 heteroatoms. The molecule has 0 fully saturated rings. The summed E-state index contributed by atoms with van der Waals surface area (Å²) in [6.45, 7) is 2.98. The van der Waals surface area contributed by atoms with Gasteiger partial charge >= 0.3 is 0 Å². The average Bonchev–Trinajstić information content (AvgIpc) is 1.96. The molecule has 0 aliphatic heterocycles. The van der Waals surface area contributed by atoms with Crippen molar-refractivity contribution in [3.63, 3.8) is 0 Å². The van der Waals surface area contributed by atoms with E-state index in [2.05, 4.69) is 4.98 Å². The molecule has 0 aromatic carbocycles.